The van der Waals surface area contributed by atoms with Gasteiger partial charge in [0.25, 0.3) is 11.1 Å². The normalized spacial score (nSPS) is 12.4. The molecule has 0 saturated heterocycles. The number of aliphatic hydroxyl groups is 1. The smallest absolute Gasteiger partial charge is 0.273 e. The second kappa shape index (κ2) is 10.4. The molecule has 0 aliphatic carbocycles. The van der Waals surface area contributed by atoms with E-state index in [4.69, 9.17) is 4.74 Å². The van der Waals surface area contributed by atoms with Crippen molar-refractivity contribution in [3.05, 3.63) is 11.1 Å². The quantitative estimate of drug-likeness (QED) is 0.484. The van der Waals surface area contributed by atoms with Crippen molar-refractivity contribution in [3.8, 4) is 17.0 Å². The van der Waals surface area contributed by atoms with E-state index in [9.17, 15) is 9.90 Å². The van der Waals surface area contributed by atoms with Crippen molar-refractivity contribution in [1.29, 1.82) is 0 Å². The average molecular weight is 368 g/mol. The molecule has 1 atom stereocenters. The summed E-state index contributed by atoms with van der Waals surface area (Å²) in [7, 11) is 0. The molecule has 1 aromatic rings. The number of β-amino-alcohol motifs (C(OH)–C–C–N with tert-alkyl or cyclic N) is 1. The summed E-state index contributed by atoms with van der Waals surface area (Å²) in [5, 5.41) is 16.3. The summed E-state index contributed by atoms with van der Waals surface area (Å²) < 4.78 is 5.45. The van der Waals surface area contributed by atoms with Crippen LogP contribution in [0.2, 0.25) is 0 Å². The maximum atomic E-state index is 12.0. The first-order valence-electron chi connectivity index (χ1n) is 8.45. The van der Waals surface area contributed by atoms with Crippen molar-refractivity contribution in [2.24, 2.45) is 5.92 Å². The van der Waals surface area contributed by atoms with Gasteiger partial charge in [-0.15, -0.1) is 11.8 Å². The van der Waals surface area contributed by atoms with E-state index in [1.807, 2.05) is 34.6 Å². The van der Waals surface area contributed by atoms with Gasteiger partial charge in [-0.3, -0.25) is 4.79 Å². The summed E-state index contributed by atoms with van der Waals surface area (Å²) in [6.07, 6.45) is 1.47. The zero-order valence-corrected chi connectivity index (χ0v) is 16.5. The highest BCUT2D eigenvalue weighted by atomic mass is 32.1. The molecule has 1 unspecified atom stereocenters. The van der Waals surface area contributed by atoms with Gasteiger partial charge in [-0.05, 0) is 20.8 Å². The molecule has 6 nitrogen and oxygen atoms in total. The second-order valence-electron chi connectivity index (χ2n) is 7.07. The van der Waals surface area contributed by atoms with Crippen molar-refractivity contribution in [2.45, 2.75) is 52.7 Å². The van der Waals surface area contributed by atoms with E-state index in [1.165, 1.54) is 6.20 Å². The van der Waals surface area contributed by atoms with Crippen LogP contribution in [0.15, 0.2) is 6.20 Å². The molecule has 25 heavy (non-hydrogen) atoms. The predicted molar refractivity (Wildman–Crippen MR) is 101 cm³/mol. The lowest BCUT2D eigenvalue weighted by Gasteiger charge is -2.22. The summed E-state index contributed by atoms with van der Waals surface area (Å²) in [4.78, 5) is 16.5. The Balaban J connectivity index is 2.33. The number of ether oxygens (including phenoxy) is 1. The molecule has 1 amide bonds. The van der Waals surface area contributed by atoms with Crippen LogP contribution in [-0.4, -0.2) is 47.3 Å². The van der Waals surface area contributed by atoms with Gasteiger partial charge in [-0.1, -0.05) is 25.2 Å². The summed E-state index contributed by atoms with van der Waals surface area (Å²) in [6.45, 7) is 11.2. The Morgan fingerprint density at radius 1 is 1.44 bits per heavy atom. The summed E-state index contributed by atoms with van der Waals surface area (Å²) in [5.41, 5.74) is -0.0625. The lowest BCUT2D eigenvalue weighted by atomic mass is 10.1. The molecule has 0 radical (unpaired) electrons. The Labute approximate surface area is 154 Å². The molecule has 0 fully saturated rings. The largest absolute Gasteiger partial charge is 0.467 e. The van der Waals surface area contributed by atoms with Gasteiger partial charge in [-0.25, -0.2) is 4.98 Å². The molecule has 0 aromatic carbocycles. The van der Waals surface area contributed by atoms with Crippen LogP contribution in [0.5, 0.6) is 5.19 Å². The lowest BCUT2D eigenvalue weighted by molar-refractivity contribution is 0.0958. The molecule has 0 spiro atoms. The average Bonchev–Trinajstić information content (AvgIpc) is 2.98. The van der Waals surface area contributed by atoms with Gasteiger partial charge in [0.15, 0.2) is 0 Å². The Morgan fingerprint density at radius 2 is 2.16 bits per heavy atom. The molecule has 0 saturated carbocycles. The van der Waals surface area contributed by atoms with Crippen LogP contribution in [0.25, 0.3) is 0 Å². The van der Waals surface area contributed by atoms with E-state index < -0.39 is 6.10 Å². The van der Waals surface area contributed by atoms with Crippen molar-refractivity contribution in [1.82, 2.24) is 15.6 Å². The minimum Gasteiger partial charge on any atom is -0.467 e. The van der Waals surface area contributed by atoms with Crippen molar-refractivity contribution >= 4 is 17.2 Å². The number of carbonyl (C=O) groups excluding carboxylic acids is 1. The van der Waals surface area contributed by atoms with Crippen LogP contribution in [0.3, 0.4) is 0 Å². The van der Waals surface area contributed by atoms with Crippen LogP contribution in [0.4, 0.5) is 0 Å². The van der Waals surface area contributed by atoms with Crippen molar-refractivity contribution < 1.29 is 14.6 Å². The van der Waals surface area contributed by atoms with E-state index in [2.05, 4.69) is 27.5 Å². The number of hydrogen-bond donors (Lipinski definition) is 3. The minimum absolute atomic E-state index is 0.0625. The van der Waals surface area contributed by atoms with Crippen LogP contribution in [-0.2, 0) is 0 Å². The first-order valence-corrected chi connectivity index (χ1v) is 9.27. The highest BCUT2D eigenvalue weighted by Crippen LogP contribution is 2.20. The molecule has 140 valence electrons. The number of amides is 1. The number of hydrogen-bond acceptors (Lipinski definition) is 6. The monoisotopic (exact) mass is 367 g/mol. The third-order valence-corrected chi connectivity index (χ3v) is 3.81. The second-order valence-corrected chi connectivity index (χ2v) is 8.06. The summed E-state index contributed by atoms with van der Waals surface area (Å²) in [6, 6.07) is 0. The number of nitrogens with zero attached hydrogens (tertiary/aromatic N) is 1. The van der Waals surface area contributed by atoms with E-state index in [0.29, 0.717) is 35.5 Å². The van der Waals surface area contributed by atoms with Gasteiger partial charge < -0.3 is 20.5 Å². The van der Waals surface area contributed by atoms with E-state index in [1.54, 1.807) is 0 Å². The van der Waals surface area contributed by atoms with E-state index in [0.717, 1.165) is 11.3 Å². The number of nitrogens with one attached hydrogen (secondary N) is 2. The highest BCUT2D eigenvalue weighted by molar-refractivity contribution is 7.15. The molecule has 1 heterocycles. The third-order valence-electron chi connectivity index (χ3n) is 2.90. The molecular formula is C18H29N3O3S. The minimum atomic E-state index is -0.639. The maximum absolute atomic E-state index is 12.0. The molecule has 1 aromatic heterocycles. The lowest BCUT2D eigenvalue weighted by Crippen LogP contribution is -2.42. The van der Waals surface area contributed by atoms with Gasteiger partial charge in [0, 0.05) is 31.0 Å². The SMILES string of the molecule is CC(C)C#CCCNC(=O)c1cnc(OCC(O)CNC(C)(C)C)s1. The zero-order chi connectivity index (χ0) is 18.9. The molecular weight excluding hydrogens is 338 g/mol. The zero-order valence-electron chi connectivity index (χ0n) is 15.7. The third kappa shape index (κ3) is 10.1. The van der Waals surface area contributed by atoms with Gasteiger partial charge in [0.1, 0.15) is 17.6 Å². The number of aliphatic hydroxyl groups excluding tert-OH is 1. The number of rotatable bonds is 8. The Kier molecular flexibility index (Phi) is 8.90. The van der Waals surface area contributed by atoms with E-state index in [-0.39, 0.29) is 18.1 Å². The fraction of sp³-hybridized carbons (Fsp3) is 0.667. The highest BCUT2D eigenvalue weighted by Gasteiger charge is 2.14. The Hall–Kier alpha value is -1.62. The molecule has 0 bridgehead atoms. The Bertz CT molecular complexity index is 597. The first-order chi connectivity index (χ1) is 11.7. The topological polar surface area (TPSA) is 83.5 Å². The van der Waals surface area contributed by atoms with Crippen molar-refractivity contribution in [3.63, 3.8) is 0 Å². The number of carbonyl (C=O) groups is 1. The van der Waals surface area contributed by atoms with Gasteiger partial charge in [0.2, 0.25) is 0 Å². The Morgan fingerprint density at radius 3 is 2.80 bits per heavy atom. The molecule has 3 N–H and O–H groups in total. The van der Waals surface area contributed by atoms with Crippen LogP contribution in [0.1, 0.15) is 50.7 Å². The fourth-order valence-electron chi connectivity index (χ4n) is 1.68. The standard InChI is InChI=1S/C18H29N3O3S/c1-13(2)8-6-7-9-19-16(23)15-11-20-17(25-15)24-12-14(22)10-21-18(3,4)5/h11,13-14,21-22H,7,9-10,12H2,1-5H3,(H,19,23). The fourth-order valence-corrected chi connectivity index (χ4v) is 2.37. The number of aromatic nitrogens is 1. The molecule has 0 aliphatic heterocycles. The van der Waals surface area contributed by atoms with Crippen LogP contribution < -0.4 is 15.4 Å². The van der Waals surface area contributed by atoms with Gasteiger partial charge >= 0.3 is 0 Å². The molecule has 1 rings (SSSR count). The van der Waals surface area contributed by atoms with Crippen LogP contribution >= 0.6 is 11.3 Å². The van der Waals surface area contributed by atoms with Crippen LogP contribution in [0, 0.1) is 17.8 Å². The molecule has 0 aliphatic rings. The molecule has 7 heteroatoms. The summed E-state index contributed by atoms with van der Waals surface area (Å²) >= 11 is 1.16. The maximum Gasteiger partial charge on any atom is 0.273 e. The van der Waals surface area contributed by atoms with E-state index >= 15 is 0 Å². The first kappa shape index (κ1) is 21.4. The van der Waals surface area contributed by atoms with Gasteiger partial charge in [-0.2, -0.15) is 0 Å². The number of thiazole rings is 1. The van der Waals surface area contributed by atoms with Gasteiger partial charge in [0.05, 0.1) is 6.20 Å². The van der Waals surface area contributed by atoms with Crippen molar-refractivity contribution in [2.75, 3.05) is 19.7 Å². The predicted octanol–water partition coefficient (Wildman–Crippen LogP) is 2.05. The summed E-state index contributed by atoms with van der Waals surface area (Å²) in [5.74, 6) is 6.22.